The summed E-state index contributed by atoms with van der Waals surface area (Å²) in [6.07, 6.45) is 3.63. The van der Waals surface area contributed by atoms with Gasteiger partial charge in [0.25, 0.3) is 0 Å². The van der Waals surface area contributed by atoms with E-state index in [1.54, 1.807) is 0 Å². The van der Waals surface area contributed by atoms with Crippen LogP contribution in [0.15, 0.2) is 0 Å². The molecule has 74 valence electrons. The lowest BCUT2D eigenvalue weighted by Crippen LogP contribution is -2.03. The average Bonchev–Trinajstić information content (AvgIpc) is 1.97. The van der Waals surface area contributed by atoms with Gasteiger partial charge in [0.05, 0.1) is 0 Å². The van der Waals surface area contributed by atoms with Crippen LogP contribution in [0.4, 0.5) is 0 Å². The summed E-state index contributed by atoms with van der Waals surface area (Å²) in [5, 5.41) is 0.405. The molecule has 1 unspecified atom stereocenters. The molecule has 0 amide bonds. The number of thioether (sulfide) groups is 1. The third kappa shape index (κ3) is 8.73. The molecule has 0 fully saturated rings. The van der Waals surface area contributed by atoms with Crippen molar-refractivity contribution in [3.8, 4) is 0 Å². The minimum Gasteiger partial charge on any atom is -0.162 e. The summed E-state index contributed by atoms with van der Waals surface area (Å²) in [5.41, 5.74) is 0. The van der Waals surface area contributed by atoms with Gasteiger partial charge in [-0.15, -0.1) is 11.6 Å². The van der Waals surface area contributed by atoms with Gasteiger partial charge in [-0.25, -0.2) is 0 Å². The zero-order valence-corrected chi connectivity index (χ0v) is 10.0. The van der Waals surface area contributed by atoms with Crippen molar-refractivity contribution in [2.24, 2.45) is 5.92 Å². The highest BCUT2D eigenvalue weighted by Crippen LogP contribution is 2.17. The molecule has 0 aliphatic carbocycles. The Morgan fingerprint density at radius 1 is 1.33 bits per heavy atom. The fourth-order valence-corrected chi connectivity index (χ4v) is 2.35. The Balaban J connectivity index is 3.14. The van der Waals surface area contributed by atoms with Crippen LogP contribution in [0.5, 0.6) is 0 Å². The maximum Gasteiger partial charge on any atom is 0.0338 e. The van der Waals surface area contributed by atoms with Crippen molar-refractivity contribution in [2.45, 2.75) is 45.4 Å². The molecule has 1 atom stereocenters. The molecule has 0 bridgehead atoms. The Morgan fingerprint density at radius 3 is 2.50 bits per heavy atom. The van der Waals surface area contributed by atoms with E-state index in [4.69, 9.17) is 11.6 Å². The van der Waals surface area contributed by atoms with E-state index >= 15 is 0 Å². The first kappa shape index (κ1) is 12.6. The maximum absolute atomic E-state index is 6.15. The van der Waals surface area contributed by atoms with Gasteiger partial charge < -0.3 is 0 Å². The highest BCUT2D eigenvalue weighted by atomic mass is 35.5. The molecule has 0 spiro atoms. The minimum absolute atomic E-state index is 0.405. The second-order valence-electron chi connectivity index (χ2n) is 3.57. The molecule has 0 saturated heterocycles. The normalized spacial score (nSPS) is 13.8. The molecule has 0 heterocycles. The Bertz CT molecular complexity index is 93.8. The van der Waals surface area contributed by atoms with Crippen molar-refractivity contribution in [3.05, 3.63) is 0 Å². The topological polar surface area (TPSA) is 0 Å². The molecule has 2 heteroatoms. The Labute approximate surface area is 86.5 Å². The third-order valence-electron chi connectivity index (χ3n) is 1.74. The molecule has 0 rings (SSSR count). The van der Waals surface area contributed by atoms with Crippen molar-refractivity contribution >= 4 is 23.4 Å². The van der Waals surface area contributed by atoms with Gasteiger partial charge in [-0.2, -0.15) is 11.8 Å². The van der Waals surface area contributed by atoms with Crippen molar-refractivity contribution in [1.82, 2.24) is 0 Å². The number of halogens is 1. The Hall–Kier alpha value is 0.640. The second-order valence-corrected chi connectivity index (χ2v) is 5.58. The number of hydrogen-bond acceptors (Lipinski definition) is 1. The fraction of sp³-hybridized carbons (Fsp3) is 1.00. The van der Waals surface area contributed by atoms with Gasteiger partial charge in [0.1, 0.15) is 0 Å². The van der Waals surface area contributed by atoms with Crippen LogP contribution in [0.2, 0.25) is 0 Å². The molecule has 12 heavy (non-hydrogen) atoms. The van der Waals surface area contributed by atoms with Crippen LogP contribution >= 0.6 is 23.4 Å². The van der Waals surface area contributed by atoms with Gasteiger partial charge in [-0.05, 0) is 36.7 Å². The molecule has 0 aromatic rings. The fourth-order valence-electron chi connectivity index (χ4n) is 1.18. The van der Waals surface area contributed by atoms with E-state index < -0.39 is 0 Å². The molecular formula is C10H21ClS. The largest absolute Gasteiger partial charge is 0.162 e. The van der Waals surface area contributed by atoms with Crippen LogP contribution in [0.25, 0.3) is 0 Å². The van der Waals surface area contributed by atoms with E-state index in [-0.39, 0.29) is 0 Å². The highest BCUT2D eigenvalue weighted by molar-refractivity contribution is 7.99. The lowest BCUT2D eigenvalue weighted by atomic mass is 10.1. The summed E-state index contributed by atoms with van der Waals surface area (Å²) >= 11 is 8.16. The van der Waals surface area contributed by atoms with E-state index in [0.29, 0.717) is 5.38 Å². The Kier molecular flexibility index (Phi) is 8.69. The summed E-state index contributed by atoms with van der Waals surface area (Å²) < 4.78 is 0. The van der Waals surface area contributed by atoms with Gasteiger partial charge in [0.15, 0.2) is 0 Å². The predicted molar refractivity (Wildman–Crippen MR) is 61.3 cm³/mol. The van der Waals surface area contributed by atoms with Crippen LogP contribution in [0, 0.1) is 5.92 Å². The first-order valence-corrected chi connectivity index (χ1v) is 6.47. The van der Waals surface area contributed by atoms with Crippen LogP contribution in [-0.4, -0.2) is 16.9 Å². The quantitative estimate of drug-likeness (QED) is 0.447. The van der Waals surface area contributed by atoms with E-state index in [9.17, 15) is 0 Å². The van der Waals surface area contributed by atoms with Crippen LogP contribution in [-0.2, 0) is 0 Å². The van der Waals surface area contributed by atoms with Crippen molar-refractivity contribution < 1.29 is 0 Å². The van der Waals surface area contributed by atoms with Crippen LogP contribution < -0.4 is 0 Å². The van der Waals surface area contributed by atoms with Gasteiger partial charge in [0.2, 0.25) is 0 Å². The average molecular weight is 209 g/mol. The predicted octanol–water partition coefficient (Wildman–Crippen LogP) is 4.17. The first-order valence-electron chi connectivity index (χ1n) is 4.88. The molecular weight excluding hydrogens is 188 g/mol. The molecule has 0 nitrogen and oxygen atoms in total. The zero-order chi connectivity index (χ0) is 9.40. The first-order chi connectivity index (χ1) is 5.66. The monoisotopic (exact) mass is 208 g/mol. The number of rotatable bonds is 7. The van der Waals surface area contributed by atoms with E-state index in [2.05, 4.69) is 20.8 Å². The SMILES string of the molecule is CCSCCCC(Cl)CC(C)C. The van der Waals surface area contributed by atoms with E-state index in [0.717, 1.165) is 5.92 Å². The summed E-state index contributed by atoms with van der Waals surface area (Å²) in [4.78, 5) is 0. The molecule has 0 saturated carbocycles. The standard InChI is InChI=1S/C10H21ClS/c1-4-12-7-5-6-10(11)8-9(2)3/h9-10H,4-8H2,1-3H3. The van der Waals surface area contributed by atoms with Crippen molar-refractivity contribution in [2.75, 3.05) is 11.5 Å². The summed E-state index contributed by atoms with van der Waals surface area (Å²) in [6.45, 7) is 6.67. The number of hydrogen-bond donors (Lipinski definition) is 0. The van der Waals surface area contributed by atoms with E-state index in [1.807, 2.05) is 11.8 Å². The van der Waals surface area contributed by atoms with Crippen LogP contribution in [0.3, 0.4) is 0 Å². The number of alkyl halides is 1. The molecule has 0 aliphatic heterocycles. The third-order valence-corrected chi connectivity index (χ3v) is 3.12. The Morgan fingerprint density at radius 2 is 2.00 bits per heavy atom. The van der Waals surface area contributed by atoms with Gasteiger partial charge in [0, 0.05) is 5.38 Å². The molecule has 0 aromatic heterocycles. The maximum atomic E-state index is 6.15. The summed E-state index contributed by atoms with van der Waals surface area (Å²) in [5.74, 6) is 3.25. The van der Waals surface area contributed by atoms with Gasteiger partial charge >= 0.3 is 0 Å². The van der Waals surface area contributed by atoms with Crippen molar-refractivity contribution in [3.63, 3.8) is 0 Å². The minimum atomic E-state index is 0.405. The molecule has 0 aromatic carbocycles. The highest BCUT2D eigenvalue weighted by Gasteiger charge is 2.06. The zero-order valence-electron chi connectivity index (χ0n) is 8.48. The molecule has 0 radical (unpaired) electrons. The van der Waals surface area contributed by atoms with Crippen LogP contribution in [0.1, 0.15) is 40.0 Å². The lowest BCUT2D eigenvalue weighted by molar-refractivity contribution is 0.542. The van der Waals surface area contributed by atoms with Gasteiger partial charge in [-0.3, -0.25) is 0 Å². The summed E-state index contributed by atoms with van der Waals surface area (Å²) in [6, 6.07) is 0. The molecule has 0 N–H and O–H groups in total. The molecule has 0 aliphatic rings. The second kappa shape index (κ2) is 8.25. The smallest absolute Gasteiger partial charge is 0.0338 e. The van der Waals surface area contributed by atoms with Gasteiger partial charge in [-0.1, -0.05) is 20.8 Å². The lowest BCUT2D eigenvalue weighted by Gasteiger charge is -2.10. The van der Waals surface area contributed by atoms with Crippen molar-refractivity contribution in [1.29, 1.82) is 0 Å². The van der Waals surface area contributed by atoms with E-state index in [1.165, 1.54) is 30.8 Å². The summed E-state index contributed by atoms with van der Waals surface area (Å²) in [7, 11) is 0.